The Kier molecular flexibility index (Phi) is 2.60. The van der Waals surface area contributed by atoms with Crippen LogP contribution in [-0.4, -0.2) is 11.8 Å². The van der Waals surface area contributed by atoms with Crippen LogP contribution in [0.2, 0.25) is 0 Å². The van der Waals surface area contributed by atoms with E-state index in [1.54, 1.807) is 0 Å². The monoisotopic (exact) mass is 102 g/mol. The van der Waals surface area contributed by atoms with Crippen LogP contribution in [0, 0.1) is 0 Å². The van der Waals surface area contributed by atoms with Gasteiger partial charge in [-0.05, 0) is 6.92 Å². The van der Waals surface area contributed by atoms with Gasteiger partial charge in [0.25, 0.3) is 0 Å². The highest BCUT2D eigenvalue weighted by Crippen LogP contribution is 1.81. The molecule has 1 atom stereocenters. The van der Waals surface area contributed by atoms with Crippen LogP contribution in [0.5, 0.6) is 0 Å². The van der Waals surface area contributed by atoms with Crippen LogP contribution in [-0.2, 0) is 4.79 Å². The van der Waals surface area contributed by atoms with Crippen LogP contribution in [0.4, 0.5) is 0 Å². The predicted octanol–water partition coefficient (Wildman–Crippen LogP) is -0.404. The van der Waals surface area contributed by atoms with Crippen molar-refractivity contribution in [1.29, 1.82) is 0 Å². The smallest absolute Gasteiger partial charge is 0.189 e. The molecule has 0 saturated carbocycles. The van der Waals surface area contributed by atoms with Crippen molar-refractivity contribution in [3.8, 4) is 0 Å². The summed E-state index contributed by atoms with van der Waals surface area (Å²) in [6, 6.07) is -0.0231. The van der Waals surface area contributed by atoms with Crippen LogP contribution in [0.1, 0.15) is 20.3 Å². The highest BCUT2D eigenvalue weighted by Gasteiger charge is 2.05. The number of hydrogen-bond acceptors (Lipinski definition) is 1. The van der Waals surface area contributed by atoms with Crippen LogP contribution >= 0.6 is 0 Å². The van der Waals surface area contributed by atoms with Gasteiger partial charge in [-0.2, -0.15) is 0 Å². The van der Waals surface area contributed by atoms with Gasteiger partial charge in [-0.25, -0.2) is 0 Å². The van der Waals surface area contributed by atoms with Gasteiger partial charge in [-0.1, -0.05) is 6.92 Å². The van der Waals surface area contributed by atoms with Crippen molar-refractivity contribution in [2.45, 2.75) is 26.3 Å². The molecule has 0 amide bonds. The lowest BCUT2D eigenvalue weighted by Gasteiger charge is -1.93. The molecule has 0 saturated heterocycles. The third-order valence-corrected chi connectivity index (χ3v) is 0.898. The molecular formula is C5H12NO+. The first-order chi connectivity index (χ1) is 3.18. The molecule has 0 aliphatic carbocycles. The van der Waals surface area contributed by atoms with Crippen molar-refractivity contribution in [2.75, 3.05) is 0 Å². The average molecular weight is 102 g/mol. The fourth-order valence-electron chi connectivity index (χ4n) is 0.348. The SMILES string of the molecule is CCC(=O)C(C)[NH3+]. The molecule has 42 valence electrons. The normalized spacial score (nSPS) is 13.6. The zero-order chi connectivity index (χ0) is 5.86. The molecular weight excluding hydrogens is 90.1 g/mol. The summed E-state index contributed by atoms with van der Waals surface area (Å²) in [5.74, 6) is 0.236. The third kappa shape index (κ3) is 2.34. The minimum Gasteiger partial charge on any atom is -0.349 e. The van der Waals surface area contributed by atoms with Crippen molar-refractivity contribution in [3.63, 3.8) is 0 Å². The first-order valence-electron chi connectivity index (χ1n) is 2.54. The highest BCUT2D eigenvalue weighted by molar-refractivity contribution is 5.81. The largest absolute Gasteiger partial charge is 0.349 e. The van der Waals surface area contributed by atoms with Crippen molar-refractivity contribution >= 4 is 5.78 Å². The average Bonchev–Trinajstić information content (AvgIpc) is 1.65. The molecule has 2 heteroatoms. The Morgan fingerprint density at radius 1 is 1.86 bits per heavy atom. The summed E-state index contributed by atoms with van der Waals surface area (Å²) in [6.07, 6.45) is 0.616. The number of Topliss-reactive ketones (excluding diaryl/α,β-unsaturated/α-hetero) is 1. The molecule has 0 rings (SSSR count). The first kappa shape index (κ1) is 6.63. The molecule has 0 heterocycles. The lowest BCUT2D eigenvalue weighted by atomic mass is 10.2. The third-order valence-electron chi connectivity index (χ3n) is 0.898. The molecule has 0 radical (unpaired) electrons. The van der Waals surface area contributed by atoms with E-state index in [2.05, 4.69) is 5.73 Å². The Labute approximate surface area is 43.7 Å². The molecule has 0 fully saturated rings. The van der Waals surface area contributed by atoms with E-state index in [1.165, 1.54) is 0 Å². The fraction of sp³-hybridized carbons (Fsp3) is 0.800. The lowest BCUT2D eigenvalue weighted by molar-refractivity contribution is -0.397. The Morgan fingerprint density at radius 3 is 2.29 bits per heavy atom. The van der Waals surface area contributed by atoms with Gasteiger partial charge in [-0.15, -0.1) is 0 Å². The van der Waals surface area contributed by atoms with Gasteiger partial charge >= 0.3 is 0 Å². The summed E-state index contributed by atoms with van der Waals surface area (Å²) < 4.78 is 0. The molecule has 0 bridgehead atoms. The summed E-state index contributed by atoms with van der Waals surface area (Å²) in [6.45, 7) is 3.66. The van der Waals surface area contributed by atoms with Gasteiger partial charge in [0.05, 0.1) is 0 Å². The lowest BCUT2D eigenvalue weighted by Crippen LogP contribution is -2.62. The van der Waals surface area contributed by atoms with Gasteiger partial charge < -0.3 is 5.73 Å². The van der Waals surface area contributed by atoms with E-state index in [0.29, 0.717) is 6.42 Å². The summed E-state index contributed by atoms with van der Waals surface area (Å²) in [4.78, 5) is 10.4. The van der Waals surface area contributed by atoms with E-state index in [1.807, 2.05) is 13.8 Å². The minimum absolute atomic E-state index is 0.0231. The van der Waals surface area contributed by atoms with Gasteiger partial charge in [0, 0.05) is 6.42 Å². The molecule has 0 aliphatic rings. The second-order valence-corrected chi connectivity index (χ2v) is 1.72. The predicted molar refractivity (Wildman–Crippen MR) is 27.6 cm³/mol. The van der Waals surface area contributed by atoms with E-state index < -0.39 is 0 Å². The molecule has 0 aromatic carbocycles. The molecule has 2 nitrogen and oxygen atoms in total. The second-order valence-electron chi connectivity index (χ2n) is 1.72. The van der Waals surface area contributed by atoms with Crippen LogP contribution < -0.4 is 5.73 Å². The molecule has 0 aromatic rings. The van der Waals surface area contributed by atoms with Gasteiger partial charge in [-0.3, -0.25) is 4.79 Å². The number of quaternary nitrogens is 1. The molecule has 0 aliphatic heterocycles. The maximum absolute atomic E-state index is 10.4. The van der Waals surface area contributed by atoms with Gasteiger partial charge in [0.1, 0.15) is 6.04 Å². The van der Waals surface area contributed by atoms with Crippen molar-refractivity contribution < 1.29 is 10.5 Å². The van der Waals surface area contributed by atoms with Gasteiger partial charge in [0.2, 0.25) is 0 Å². The van der Waals surface area contributed by atoms with Crippen molar-refractivity contribution in [1.82, 2.24) is 0 Å². The summed E-state index contributed by atoms with van der Waals surface area (Å²) in [7, 11) is 0. The maximum Gasteiger partial charge on any atom is 0.189 e. The van der Waals surface area contributed by atoms with Crippen molar-refractivity contribution in [3.05, 3.63) is 0 Å². The maximum atomic E-state index is 10.4. The Balaban J connectivity index is 3.35. The van der Waals surface area contributed by atoms with Crippen molar-refractivity contribution in [2.24, 2.45) is 0 Å². The Hall–Kier alpha value is -0.370. The standard InChI is InChI=1S/C5H11NO/c1-3-5(7)4(2)6/h4H,3,6H2,1-2H3/p+1. The highest BCUT2D eigenvalue weighted by atomic mass is 16.1. The first-order valence-corrected chi connectivity index (χ1v) is 2.54. The van der Waals surface area contributed by atoms with Gasteiger partial charge in [0.15, 0.2) is 5.78 Å². The number of carbonyl (C=O) groups excluding carboxylic acids is 1. The van der Waals surface area contributed by atoms with Crippen LogP contribution in [0.15, 0.2) is 0 Å². The van der Waals surface area contributed by atoms with E-state index in [9.17, 15) is 4.79 Å². The Morgan fingerprint density at radius 2 is 2.29 bits per heavy atom. The Bertz CT molecular complexity index is 68.5. The molecule has 1 unspecified atom stereocenters. The molecule has 3 N–H and O–H groups in total. The second kappa shape index (κ2) is 2.75. The van der Waals surface area contributed by atoms with E-state index in [0.717, 1.165) is 0 Å². The number of ketones is 1. The zero-order valence-electron chi connectivity index (χ0n) is 4.90. The zero-order valence-corrected chi connectivity index (χ0v) is 4.90. The van der Waals surface area contributed by atoms with E-state index in [-0.39, 0.29) is 11.8 Å². The number of rotatable bonds is 2. The fourth-order valence-corrected chi connectivity index (χ4v) is 0.348. The van der Waals surface area contributed by atoms with Crippen LogP contribution in [0.3, 0.4) is 0 Å². The molecule has 0 aromatic heterocycles. The summed E-state index contributed by atoms with van der Waals surface area (Å²) in [5, 5.41) is 0. The minimum atomic E-state index is -0.0231. The van der Waals surface area contributed by atoms with Crippen LogP contribution in [0.25, 0.3) is 0 Å². The molecule has 7 heavy (non-hydrogen) atoms. The van der Waals surface area contributed by atoms with E-state index >= 15 is 0 Å². The number of carbonyl (C=O) groups is 1. The number of hydrogen-bond donors (Lipinski definition) is 1. The quantitative estimate of drug-likeness (QED) is 0.506. The molecule has 0 spiro atoms. The van der Waals surface area contributed by atoms with E-state index in [4.69, 9.17) is 0 Å². The summed E-state index contributed by atoms with van der Waals surface area (Å²) >= 11 is 0. The summed E-state index contributed by atoms with van der Waals surface area (Å²) in [5.41, 5.74) is 3.56. The topological polar surface area (TPSA) is 44.7 Å².